The summed E-state index contributed by atoms with van der Waals surface area (Å²) in [5.41, 5.74) is 3.50. The van der Waals surface area contributed by atoms with Gasteiger partial charge in [0.2, 0.25) is 5.88 Å². The van der Waals surface area contributed by atoms with E-state index < -0.39 is 0 Å². The molecule has 0 bridgehead atoms. The number of aromatic nitrogens is 4. The van der Waals surface area contributed by atoms with Gasteiger partial charge in [0.25, 0.3) is 5.91 Å². The minimum Gasteiger partial charge on any atom is -0.495 e. The van der Waals surface area contributed by atoms with Crippen LogP contribution >= 0.6 is 0 Å². The highest BCUT2D eigenvalue weighted by Crippen LogP contribution is 2.19. The van der Waals surface area contributed by atoms with Crippen molar-refractivity contribution in [2.45, 2.75) is 13.5 Å². The van der Waals surface area contributed by atoms with Crippen LogP contribution in [0.25, 0.3) is 16.8 Å². The number of fused-ring (bicyclic) bond motifs is 1. The zero-order valence-electron chi connectivity index (χ0n) is 16.7. The van der Waals surface area contributed by atoms with Crippen molar-refractivity contribution in [3.63, 3.8) is 0 Å². The first-order valence-electron chi connectivity index (χ1n) is 9.51. The maximum Gasteiger partial charge on any atom is 0.271 e. The molecule has 0 saturated carbocycles. The van der Waals surface area contributed by atoms with Gasteiger partial charge in [-0.25, -0.2) is 9.97 Å². The fraction of sp³-hybridized carbons (Fsp3) is 0.182. The minimum absolute atomic E-state index is 0.236. The molecule has 4 aromatic rings. The van der Waals surface area contributed by atoms with Gasteiger partial charge in [0.15, 0.2) is 0 Å². The normalized spacial score (nSPS) is 10.7. The minimum atomic E-state index is -0.305. The number of methoxy groups -OCH3 is 1. The van der Waals surface area contributed by atoms with Crippen LogP contribution in [0.3, 0.4) is 0 Å². The highest BCUT2D eigenvalue weighted by molar-refractivity contribution is 5.92. The number of rotatable bonds is 7. The maximum atomic E-state index is 12.6. The predicted molar refractivity (Wildman–Crippen MR) is 112 cm³/mol. The first-order valence-corrected chi connectivity index (χ1v) is 9.51. The molecule has 8 heteroatoms. The lowest BCUT2D eigenvalue weighted by Crippen LogP contribution is -2.24. The van der Waals surface area contributed by atoms with Crippen molar-refractivity contribution in [3.05, 3.63) is 72.6 Å². The Bertz CT molecular complexity index is 1170. The van der Waals surface area contributed by atoms with Gasteiger partial charge < -0.3 is 19.2 Å². The Hall–Kier alpha value is -3.94. The van der Waals surface area contributed by atoms with Crippen LogP contribution in [0.15, 0.2) is 61.2 Å². The number of nitrogens with zero attached hydrogens (tertiary/aromatic N) is 4. The summed E-state index contributed by atoms with van der Waals surface area (Å²) in [5.74, 6) is 0.981. The summed E-state index contributed by atoms with van der Waals surface area (Å²) < 4.78 is 12.6. The van der Waals surface area contributed by atoms with Crippen LogP contribution in [0.2, 0.25) is 0 Å². The van der Waals surface area contributed by atoms with Gasteiger partial charge in [0.1, 0.15) is 11.4 Å². The lowest BCUT2D eigenvalue weighted by Gasteiger charge is -2.08. The highest BCUT2D eigenvalue weighted by atomic mass is 16.5. The average molecular weight is 403 g/mol. The third kappa shape index (κ3) is 4.07. The van der Waals surface area contributed by atoms with Crippen molar-refractivity contribution in [1.29, 1.82) is 0 Å². The van der Waals surface area contributed by atoms with E-state index in [0.717, 1.165) is 22.5 Å². The summed E-state index contributed by atoms with van der Waals surface area (Å²) in [7, 11) is 1.62. The van der Waals surface area contributed by atoms with E-state index in [2.05, 4.69) is 20.3 Å². The van der Waals surface area contributed by atoms with Gasteiger partial charge in [-0.05, 0) is 37.3 Å². The molecule has 30 heavy (non-hydrogen) atoms. The second-order valence-corrected chi connectivity index (χ2v) is 6.48. The second-order valence-electron chi connectivity index (χ2n) is 6.48. The Balaban J connectivity index is 1.48. The zero-order chi connectivity index (χ0) is 20.9. The van der Waals surface area contributed by atoms with Crippen LogP contribution in [-0.4, -0.2) is 39.0 Å². The molecule has 0 spiro atoms. The van der Waals surface area contributed by atoms with Gasteiger partial charge in [-0.2, -0.15) is 0 Å². The number of hydrogen-bond donors (Lipinski definition) is 1. The maximum absolute atomic E-state index is 12.6. The van der Waals surface area contributed by atoms with E-state index in [-0.39, 0.29) is 11.6 Å². The number of pyridine rings is 2. The van der Waals surface area contributed by atoms with Gasteiger partial charge in [0, 0.05) is 29.0 Å². The van der Waals surface area contributed by atoms with Crippen molar-refractivity contribution in [2.24, 2.45) is 0 Å². The Morgan fingerprint density at radius 3 is 2.73 bits per heavy atom. The predicted octanol–water partition coefficient (Wildman–Crippen LogP) is 3.13. The number of carbonyl (C=O) groups excluding carboxylic acids is 1. The summed E-state index contributed by atoms with van der Waals surface area (Å²) in [6.45, 7) is 2.79. The van der Waals surface area contributed by atoms with Crippen molar-refractivity contribution in [1.82, 2.24) is 24.7 Å². The summed E-state index contributed by atoms with van der Waals surface area (Å²) in [6.07, 6.45) is 6.58. The summed E-state index contributed by atoms with van der Waals surface area (Å²) in [5, 5.41) is 2.90. The monoisotopic (exact) mass is 403 g/mol. The average Bonchev–Trinajstić information content (AvgIpc) is 3.20. The first kappa shape index (κ1) is 19.4. The second kappa shape index (κ2) is 8.60. The molecule has 0 aliphatic heterocycles. The number of carbonyl (C=O) groups is 1. The molecule has 0 aliphatic carbocycles. The van der Waals surface area contributed by atoms with Gasteiger partial charge in [0.05, 0.1) is 44.5 Å². The van der Waals surface area contributed by atoms with E-state index in [9.17, 15) is 4.79 Å². The van der Waals surface area contributed by atoms with Crippen LogP contribution in [0.1, 0.15) is 23.1 Å². The van der Waals surface area contributed by atoms with Gasteiger partial charge in [-0.15, -0.1) is 0 Å². The molecule has 4 rings (SSSR count). The Kier molecular flexibility index (Phi) is 5.56. The Labute approximate surface area is 173 Å². The van der Waals surface area contributed by atoms with Crippen LogP contribution in [0, 0.1) is 0 Å². The fourth-order valence-corrected chi connectivity index (χ4v) is 3.04. The van der Waals surface area contributed by atoms with E-state index in [0.29, 0.717) is 24.7 Å². The van der Waals surface area contributed by atoms with E-state index in [1.807, 2.05) is 47.9 Å². The fourth-order valence-electron chi connectivity index (χ4n) is 3.04. The highest BCUT2D eigenvalue weighted by Gasteiger charge is 2.11. The molecule has 4 heterocycles. The molecule has 0 aromatic carbocycles. The molecule has 0 fully saturated rings. The van der Waals surface area contributed by atoms with Crippen LogP contribution in [0.4, 0.5) is 0 Å². The van der Waals surface area contributed by atoms with Crippen molar-refractivity contribution in [2.75, 3.05) is 13.7 Å². The third-order valence-corrected chi connectivity index (χ3v) is 4.57. The van der Waals surface area contributed by atoms with Crippen LogP contribution in [0.5, 0.6) is 11.6 Å². The zero-order valence-corrected chi connectivity index (χ0v) is 16.7. The molecule has 0 atom stereocenters. The number of ether oxygens (including phenoxy) is 2. The van der Waals surface area contributed by atoms with E-state index in [4.69, 9.17) is 9.47 Å². The van der Waals surface area contributed by atoms with Crippen LogP contribution in [-0.2, 0) is 6.54 Å². The summed E-state index contributed by atoms with van der Waals surface area (Å²) in [4.78, 5) is 25.4. The topological polar surface area (TPSA) is 90.6 Å². The van der Waals surface area contributed by atoms with Gasteiger partial charge in [-0.1, -0.05) is 0 Å². The Morgan fingerprint density at radius 1 is 1.10 bits per heavy atom. The molecule has 0 unspecified atom stereocenters. The number of nitrogens with one attached hydrogen (secondary N) is 1. The first-order chi connectivity index (χ1) is 14.7. The number of amides is 1. The third-order valence-electron chi connectivity index (χ3n) is 4.57. The number of hydrogen-bond acceptors (Lipinski definition) is 6. The standard InChI is InChI=1S/C22H21N5O3/c1-3-30-21-9-4-15(10-24-21)19-12-23-13-20(26-19)22(28)25-11-17-6-5-16-7-8-18(29-2)14-27(16)17/h4-10,12-14H,3,11H2,1-2H3,(H,25,28). The lowest BCUT2D eigenvalue weighted by molar-refractivity contribution is 0.0945. The molecule has 4 aromatic heterocycles. The molecule has 8 nitrogen and oxygen atoms in total. The molecule has 152 valence electrons. The smallest absolute Gasteiger partial charge is 0.271 e. The van der Waals surface area contributed by atoms with Crippen molar-refractivity contribution in [3.8, 4) is 22.9 Å². The quantitative estimate of drug-likeness (QED) is 0.510. The van der Waals surface area contributed by atoms with E-state index in [1.54, 1.807) is 25.6 Å². The molecule has 0 saturated heterocycles. The summed E-state index contributed by atoms with van der Waals surface area (Å²) in [6, 6.07) is 11.4. The molecular weight excluding hydrogens is 382 g/mol. The molecule has 1 N–H and O–H groups in total. The lowest BCUT2D eigenvalue weighted by atomic mass is 10.2. The Morgan fingerprint density at radius 2 is 1.97 bits per heavy atom. The molecule has 1 amide bonds. The molecule has 0 radical (unpaired) electrons. The largest absolute Gasteiger partial charge is 0.495 e. The van der Waals surface area contributed by atoms with Gasteiger partial charge in [-0.3, -0.25) is 9.78 Å². The SMILES string of the molecule is CCOc1ccc(-c2cncc(C(=O)NCc3ccc4ccc(OC)cn34)n2)cn1. The van der Waals surface area contributed by atoms with Crippen LogP contribution < -0.4 is 14.8 Å². The molecular formula is C22H21N5O3. The summed E-state index contributed by atoms with van der Waals surface area (Å²) >= 11 is 0. The van der Waals surface area contributed by atoms with Gasteiger partial charge >= 0.3 is 0 Å². The van der Waals surface area contributed by atoms with Crippen molar-refractivity contribution < 1.29 is 14.3 Å². The van der Waals surface area contributed by atoms with Crippen molar-refractivity contribution >= 4 is 11.4 Å². The van der Waals surface area contributed by atoms with E-state index in [1.165, 1.54) is 6.20 Å². The molecule has 0 aliphatic rings. The van der Waals surface area contributed by atoms with E-state index >= 15 is 0 Å².